The molecule has 0 atom stereocenters. The van der Waals surface area contributed by atoms with Crippen molar-refractivity contribution in [3.05, 3.63) is 42.4 Å². The average molecular weight is 254 g/mol. The molecule has 4 nitrogen and oxygen atoms in total. The van der Waals surface area contributed by atoms with Crippen molar-refractivity contribution in [3.8, 4) is 0 Å². The molecule has 0 aliphatic carbocycles. The fourth-order valence-corrected chi connectivity index (χ4v) is 1.33. The Morgan fingerprint density at radius 2 is 1.83 bits per heavy atom. The lowest BCUT2D eigenvalue weighted by Crippen LogP contribution is -2.07. The summed E-state index contributed by atoms with van der Waals surface area (Å²) in [5.41, 5.74) is 5.62. The van der Waals surface area contributed by atoms with Crippen molar-refractivity contribution in [2.24, 2.45) is 0 Å². The van der Waals surface area contributed by atoms with E-state index in [1.165, 1.54) is 12.3 Å². The normalized spacial score (nSPS) is 11.3. The highest BCUT2D eigenvalue weighted by molar-refractivity contribution is 5.60. The number of alkyl halides is 3. The van der Waals surface area contributed by atoms with Gasteiger partial charge in [0.1, 0.15) is 11.5 Å². The molecule has 0 unspecified atom stereocenters. The molecule has 0 aliphatic rings. The van der Waals surface area contributed by atoms with Gasteiger partial charge in [-0.25, -0.2) is 9.97 Å². The summed E-state index contributed by atoms with van der Waals surface area (Å²) in [5.74, 6) is 0.319. The van der Waals surface area contributed by atoms with E-state index < -0.39 is 11.9 Å². The van der Waals surface area contributed by atoms with Crippen molar-refractivity contribution >= 4 is 17.2 Å². The average Bonchev–Trinajstić information content (AvgIpc) is 2.28. The smallest absolute Gasteiger partial charge is 0.384 e. The number of rotatable bonds is 2. The number of halogens is 3. The summed E-state index contributed by atoms with van der Waals surface area (Å²) in [5, 5.41) is 2.87. The second-order valence-electron chi connectivity index (χ2n) is 3.52. The number of pyridine rings is 2. The SMILES string of the molecule is Nc1cc(Nc2ccc(C(F)(F)F)nc2)ccn1. The van der Waals surface area contributed by atoms with Crippen LogP contribution in [0.15, 0.2) is 36.7 Å². The summed E-state index contributed by atoms with van der Waals surface area (Å²) in [7, 11) is 0. The molecule has 0 aromatic carbocycles. The maximum Gasteiger partial charge on any atom is 0.433 e. The molecule has 7 heteroatoms. The first-order valence-corrected chi connectivity index (χ1v) is 4.97. The standard InChI is InChI=1S/C11H9F3N4/c12-11(13,14)9-2-1-8(6-17-9)18-7-3-4-16-10(15)5-7/h1-6H,(H3,15,16,18). The molecule has 18 heavy (non-hydrogen) atoms. The number of nitrogens with two attached hydrogens (primary N) is 1. The molecule has 2 heterocycles. The van der Waals surface area contributed by atoms with E-state index >= 15 is 0 Å². The van der Waals surface area contributed by atoms with Crippen LogP contribution in [-0.2, 0) is 6.18 Å². The van der Waals surface area contributed by atoms with Crippen LogP contribution in [0, 0.1) is 0 Å². The summed E-state index contributed by atoms with van der Waals surface area (Å²) in [6, 6.07) is 5.42. The highest BCUT2D eigenvalue weighted by Gasteiger charge is 2.31. The van der Waals surface area contributed by atoms with E-state index in [2.05, 4.69) is 15.3 Å². The molecule has 0 saturated heterocycles. The van der Waals surface area contributed by atoms with Gasteiger partial charge in [0, 0.05) is 18.0 Å². The molecule has 2 rings (SSSR count). The Labute approximate surface area is 101 Å². The van der Waals surface area contributed by atoms with E-state index in [1.807, 2.05) is 0 Å². The maximum atomic E-state index is 12.3. The van der Waals surface area contributed by atoms with Gasteiger partial charge in [0.05, 0.1) is 11.9 Å². The summed E-state index contributed by atoms with van der Waals surface area (Å²) >= 11 is 0. The third-order valence-electron chi connectivity index (χ3n) is 2.12. The second-order valence-corrected chi connectivity index (χ2v) is 3.52. The van der Waals surface area contributed by atoms with E-state index in [0.29, 0.717) is 17.2 Å². The van der Waals surface area contributed by atoms with Crippen LogP contribution in [-0.4, -0.2) is 9.97 Å². The zero-order chi connectivity index (χ0) is 13.2. The minimum Gasteiger partial charge on any atom is -0.384 e. The zero-order valence-electron chi connectivity index (χ0n) is 9.07. The van der Waals surface area contributed by atoms with Crippen LogP contribution in [0.2, 0.25) is 0 Å². The molecule has 0 spiro atoms. The molecule has 2 aromatic rings. The molecule has 0 amide bonds. The van der Waals surface area contributed by atoms with Crippen molar-refractivity contribution in [1.29, 1.82) is 0 Å². The van der Waals surface area contributed by atoms with Gasteiger partial charge in [0.25, 0.3) is 0 Å². The third kappa shape index (κ3) is 2.88. The second kappa shape index (κ2) is 4.52. The van der Waals surface area contributed by atoms with E-state index in [0.717, 1.165) is 12.3 Å². The number of hydrogen-bond acceptors (Lipinski definition) is 4. The van der Waals surface area contributed by atoms with Crippen molar-refractivity contribution in [2.45, 2.75) is 6.18 Å². The van der Waals surface area contributed by atoms with E-state index in [9.17, 15) is 13.2 Å². The van der Waals surface area contributed by atoms with Gasteiger partial charge in [-0.15, -0.1) is 0 Å². The quantitative estimate of drug-likeness (QED) is 0.864. The lowest BCUT2D eigenvalue weighted by molar-refractivity contribution is -0.141. The highest BCUT2D eigenvalue weighted by Crippen LogP contribution is 2.28. The Balaban J connectivity index is 2.16. The van der Waals surface area contributed by atoms with Crippen molar-refractivity contribution in [3.63, 3.8) is 0 Å². The fourth-order valence-electron chi connectivity index (χ4n) is 1.33. The van der Waals surface area contributed by atoms with E-state index in [4.69, 9.17) is 5.73 Å². The number of aromatic nitrogens is 2. The van der Waals surface area contributed by atoms with Crippen molar-refractivity contribution in [1.82, 2.24) is 9.97 Å². The van der Waals surface area contributed by atoms with Crippen LogP contribution in [0.5, 0.6) is 0 Å². The first kappa shape index (κ1) is 12.2. The molecular formula is C11H9F3N4. The summed E-state index contributed by atoms with van der Waals surface area (Å²) in [4.78, 5) is 7.14. The Morgan fingerprint density at radius 3 is 2.39 bits per heavy atom. The predicted molar refractivity (Wildman–Crippen MR) is 61.2 cm³/mol. The van der Waals surface area contributed by atoms with Crippen molar-refractivity contribution in [2.75, 3.05) is 11.1 Å². The number of nitrogens with zero attached hydrogens (tertiary/aromatic N) is 2. The minimum atomic E-state index is -4.43. The van der Waals surface area contributed by atoms with Gasteiger partial charge in [-0.1, -0.05) is 0 Å². The Morgan fingerprint density at radius 1 is 1.06 bits per heavy atom. The van der Waals surface area contributed by atoms with Gasteiger partial charge in [-0.05, 0) is 18.2 Å². The van der Waals surface area contributed by atoms with Gasteiger partial charge < -0.3 is 11.1 Å². The third-order valence-corrected chi connectivity index (χ3v) is 2.12. The molecule has 0 saturated carbocycles. The number of nitrogen functional groups attached to an aromatic ring is 1. The molecule has 94 valence electrons. The van der Waals surface area contributed by atoms with Crippen LogP contribution in [0.25, 0.3) is 0 Å². The number of anilines is 3. The molecule has 0 bridgehead atoms. The van der Waals surface area contributed by atoms with Gasteiger partial charge in [0.15, 0.2) is 0 Å². The Hall–Kier alpha value is -2.31. The van der Waals surface area contributed by atoms with Crippen LogP contribution in [0.1, 0.15) is 5.69 Å². The van der Waals surface area contributed by atoms with Crippen LogP contribution >= 0.6 is 0 Å². The van der Waals surface area contributed by atoms with Crippen molar-refractivity contribution < 1.29 is 13.2 Å². The Bertz CT molecular complexity index is 537. The summed E-state index contributed by atoms with van der Waals surface area (Å²) in [6.07, 6.45) is -1.83. The molecule has 3 N–H and O–H groups in total. The molecule has 2 aromatic heterocycles. The first-order chi connectivity index (χ1) is 8.45. The largest absolute Gasteiger partial charge is 0.433 e. The topological polar surface area (TPSA) is 63.8 Å². The summed E-state index contributed by atoms with van der Waals surface area (Å²) in [6.45, 7) is 0. The lowest BCUT2D eigenvalue weighted by atomic mass is 10.3. The van der Waals surface area contributed by atoms with Crippen LogP contribution in [0.3, 0.4) is 0 Å². The molecule has 0 fully saturated rings. The van der Waals surface area contributed by atoms with Gasteiger partial charge in [-0.3, -0.25) is 0 Å². The fraction of sp³-hybridized carbons (Fsp3) is 0.0909. The predicted octanol–water partition coefficient (Wildman–Crippen LogP) is 2.82. The number of nitrogens with one attached hydrogen (secondary N) is 1. The van der Waals surface area contributed by atoms with Gasteiger partial charge >= 0.3 is 6.18 Å². The molecule has 0 radical (unpaired) electrons. The zero-order valence-corrected chi connectivity index (χ0v) is 9.07. The molecular weight excluding hydrogens is 245 g/mol. The van der Waals surface area contributed by atoms with Crippen LogP contribution < -0.4 is 11.1 Å². The highest BCUT2D eigenvalue weighted by atomic mass is 19.4. The van der Waals surface area contributed by atoms with Crippen LogP contribution in [0.4, 0.5) is 30.4 Å². The monoisotopic (exact) mass is 254 g/mol. The Kier molecular flexibility index (Phi) is 3.05. The van der Waals surface area contributed by atoms with E-state index in [-0.39, 0.29) is 0 Å². The lowest BCUT2D eigenvalue weighted by Gasteiger charge is -2.08. The summed E-state index contributed by atoms with van der Waals surface area (Å²) < 4.78 is 36.9. The van der Waals surface area contributed by atoms with Gasteiger partial charge in [0.2, 0.25) is 0 Å². The first-order valence-electron chi connectivity index (χ1n) is 4.97. The minimum absolute atomic E-state index is 0.319. The number of hydrogen-bond donors (Lipinski definition) is 2. The van der Waals surface area contributed by atoms with E-state index in [1.54, 1.807) is 12.1 Å². The van der Waals surface area contributed by atoms with Gasteiger partial charge in [-0.2, -0.15) is 13.2 Å². The maximum absolute atomic E-state index is 12.3. The molecule has 0 aliphatic heterocycles.